The Hall–Kier alpha value is -0.760. The molecule has 3 atom stereocenters. The second kappa shape index (κ2) is 41.6. The molecule has 0 heterocycles. The maximum absolute atomic E-state index is 12.9. The highest BCUT2D eigenvalue weighted by Gasteiger charge is 2.27. The number of amides is 1. The van der Waals surface area contributed by atoms with Crippen molar-refractivity contribution in [3.8, 4) is 0 Å². The quantitative estimate of drug-likeness (QED) is 0.0244. The van der Waals surface area contributed by atoms with Gasteiger partial charge in [-0.05, 0) is 19.3 Å². The number of quaternary nitrogens is 1. The van der Waals surface area contributed by atoms with Gasteiger partial charge in [-0.15, -0.1) is 0 Å². The molecule has 9 heteroatoms. The fourth-order valence-corrected chi connectivity index (χ4v) is 8.25. The molecule has 0 aromatic rings. The van der Waals surface area contributed by atoms with E-state index in [9.17, 15) is 19.4 Å². The number of hydrogen-bond donors (Lipinski definition) is 3. The zero-order valence-corrected chi connectivity index (χ0v) is 40.2. The van der Waals surface area contributed by atoms with Crippen molar-refractivity contribution in [2.45, 2.75) is 257 Å². The van der Waals surface area contributed by atoms with Crippen LogP contribution in [-0.4, -0.2) is 73.4 Å². The Bertz CT molecular complexity index is 958. The molecule has 0 aromatic carbocycles. The largest absolute Gasteiger partial charge is 0.472 e. The number of phosphoric ester groups is 1. The SMILES string of the molecule is CCCCCCCCCCCCC/C=C/C(O)C(COP(=O)(O)OCC[N+](C)(C)C)NC(=O)CCCCCCCCCCCCCCCCCCCCCCCCC. The van der Waals surface area contributed by atoms with E-state index in [1.807, 2.05) is 27.2 Å². The van der Waals surface area contributed by atoms with Crippen molar-refractivity contribution in [3.05, 3.63) is 12.2 Å². The van der Waals surface area contributed by atoms with Crippen LogP contribution in [0, 0.1) is 0 Å². The molecule has 3 unspecified atom stereocenters. The van der Waals surface area contributed by atoms with E-state index < -0.39 is 20.0 Å². The molecule has 0 aliphatic rings. The first kappa shape index (κ1) is 57.2. The zero-order valence-electron chi connectivity index (χ0n) is 39.3. The smallest absolute Gasteiger partial charge is 0.387 e. The van der Waals surface area contributed by atoms with E-state index in [0.29, 0.717) is 17.4 Å². The molecule has 0 aliphatic heterocycles. The Morgan fingerprint density at radius 3 is 1.28 bits per heavy atom. The molecule has 8 nitrogen and oxygen atoms in total. The number of hydrogen-bond acceptors (Lipinski definition) is 5. The van der Waals surface area contributed by atoms with Gasteiger partial charge in [-0.1, -0.05) is 231 Å². The summed E-state index contributed by atoms with van der Waals surface area (Å²) in [6, 6.07) is -0.840. The van der Waals surface area contributed by atoms with Gasteiger partial charge in [0.05, 0.1) is 39.9 Å². The lowest BCUT2D eigenvalue weighted by molar-refractivity contribution is -0.870. The van der Waals surface area contributed by atoms with E-state index in [-0.39, 0.29) is 19.1 Å². The van der Waals surface area contributed by atoms with Gasteiger partial charge in [0, 0.05) is 6.42 Å². The number of carbonyl (C=O) groups excluding carboxylic acids is 1. The fraction of sp³-hybridized carbons (Fsp3) is 0.939. The predicted molar refractivity (Wildman–Crippen MR) is 249 cm³/mol. The van der Waals surface area contributed by atoms with E-state index in [1.54, 1.807) is 6.08 Å². The Morgan fingerprint density at radius 2 is 0.914 bits per heavy atom. The highest BCUT2D eigenvalue weighted by atomic mass is 31.2. The van der Waals surface area contributed by atoms with Crippen molar-refractivity contribution in [3.63, 3.8) is 0 Å². The maximum Gasteiger partial charge on any atom is 0.472 e. The van der Waals surface area contributed by atoms with Gasteiger partial charge in [0.2, 0.25) is 5.91 Å². The maximum atomic E-state index is 12.9. The van der Waals surface area contributed by atoms with Gasteiger partial charge in [0.15, 0.2) is 0 Å². The normalized spacial score (nSPS) is 14.3. The van der Waals surface area contributed by atoms with Crippen LogP contribution in [0.5, 0.6) is 0 Å². The lowest BCUT2D eigenvalue weighted by Gasteiger charge is -2.25. The highest BCUT2D eigenvalue weighted by Crippen LogP contribution is 2.43. The molecule has 0 spiro atoms. The second-order valence-electron chi connectivity index (χ2n) is 18.6. The minimum absolute atomic E-state index is 0.0647. The highest BCUT2D eigenvalue weighted by molar-refractivity contribution is 7.47. The first-order valence-corrected chi connectivity index (χ1v) is 26.6. The van der Waals surface area contributed by atoms with Crippen LogP contribution >= 0.6 is 7.82 Å². The zero-order chi connectivity index (χ0) is 42.8. The van der Waals surface area contributed by atoms with Gasteiger partial charge in [-0.2, -0.15) is 0 Å². The van der Waals surface area contributed by atoms with E-state index in [4.69, 9.17) is 9.05 Å². The van der Waals surface area contributed by atoms with Crippen LogP contribution in [0.25, 0.3) is 0 Å². The predicted octanol–water partition coefficient (Wildman–Crippen LogP) is 14.3. The summed E-state index contributed by atoms with van der Waals surface area (Å²) in [5.74, 6) is -0.173. The Labute approximate surface area is 361 Å². The van der Waals surface area contributed by atoms with Gasteiger partial charge < -0.3 is 19.8 Å². The topological polar surface area (TPSA) is 105 Å². The van der Waals surface area contributed by atoms with Crippen molar-refractivity contribution < 1.29 is 32.9 Å². The van der Waals surface area contributed by atoms with Gasteiger partial charge in [-0.25, -0.2) is 4.57 Å². The van der Waals surface area contributed by atoms with Crippen molar-refractivity contribution >= 4 is 13.7 Å². The van der Waals surface area contributed by atoms with Crippen molar-refractivity contribution in [2.75, 3.05) is 40.9 Å². The second-order valence-corrected chi connectivity index (χ2v) is 20.0. The van der Waals surface area contributed by atoms with Crippen LogP contribution < -0.4 is 5.32 Å². The van der Waals surface area contributed by atoms with E-state index >= 15 is 0 Å². The van der Waals surface area contributed by atoms with Gasteiger partial charge >= 0.3 is 7.82 Å². The van der Waals surface area contributed by atoms with Gasteiger partial charge in [-0.3, -0.25) is 13.8 Å². The minimum Gasteiger partial charge on any atom is -0.387 e. The number of nitrogens with one attached hydrogen (secondary N) is 1. The fourth-order valence-electron chi connectivity index (χ4n) is 7.51. The molecule has 1 amide bonds. The molecule has 3 N–H and O–H groups in total. The monoisotopic (exact) mass is 844 g/mol. The lowest BCUT2D eigenvalue weighted by atomic mass is 10.0. The molecule has 0 bridgehead atoms. The molecular weight excluding hydrogens is 744 g/mol. The first-order chi connectivity index (χ1) is 28.0. The van der Waals surface area contributed by atoms with Crippen LogP contribution in [0.4, 0.5) is 0 Å². The summed E-state index contributed by atoms with van der Waals surface area (Å²) in [6.07, 6.45) is 48.6. The molecule has 0 fully saturated rings. The van der Waals surface area contributed by atoms with Crippen LogP contribution in [0.15, 0.2) is 12.2 Å². The minimum atomic E-state index is -4.33. The Morgan fingerprint density at radius 1 is 0.569 bits per heavy atom. The summed E-state index contributed by atoms with van der Waals surface area (Å²) in [5.41, 5.74) is 0. The van der Waals surface area contributed by atoms with E-state index in [1.165, 1.54) is 186 Å². The molecule has 0 aliphatic carbocycles. The van der Waals surface area contributed by atoms with Crippen LogP contribution in [0.2, 0.25) is 0 Å². The number of aliphatic hydroxyl groups excluding tert-OH is 1. The molecular formula is C49H100N2O6P+. The Kier molecular flexibility index (Phi) is 41.0. The molecule has 0 rings (SSSR count). The molecule has 0 saturated heterocycles. The summed E-state index contributed by atoms with van der Waals surface area (Å²) in [4.78, 5) is 23.2. The summed E-state index contributed by atoms with van der Waals surface area (Å²) < 4.78 is 23.6. The van der Waals surface area contributed by atoms with E-state index in [0.717, 1.165) is 38.5 Å². The standard InChI is InChI=1S/C49H99N2O6P/c1-6-8-10-12-14-16-18-20-21-22-23-24-25-26-27-28-29-31-33-35-37-39-41-43-49(53)50-47(46-57-58(54,55)56-45-44-51(3,4)5)48(52)42-40-38-36-34-32-30-19-17-15-13-11-9-7-2/h40,42,47-48,52H,6-39,41,43-46H2,1-5H3,(H-,50,53,54,55)/p+1/b42-40+. The third-order valence-corrected chi connectivity index (χ3v) is 12.5. The Balaban J connectivity index is 4.20. The number of allylic oxidation sites excluding steroid dienone is 1. The van der Waals surface area contributed by atoms with E-state index in [2.05, 4.69) is 19.2 Å². The average Bonchev–Trinajstić information content (AvgIpc) is 3.17. The molecule has 346 valence electrons. The summed E-state index contributed by atoms with van der Waals surface area (Å²) in [7, 11) is 1.58. The number of unbranched alkanes of at least 4 members (excludes halogenated alkanes) is 33. The lowest BCUT2D eigenvalue weighted by Crippen LogP contribution is -2.45. The number of phosphoric acid groups is 1. The van der Waals surface area contributed by atoms with Crippen molar-refractivity contribution in [2.24, 2.45) is 0 Å². The molecule has 58 heavy (non-hydrogen) atoms. The molecule has 0 saturated carbocycles. The number of carbonyl (C=O) groups is 1. The van der Waals surface area contributed by atoms with Crippen LogP contribution in [-0.2, 0) is 18.4 Å². The van der Waals surface area contributed by atoms with Gasteiger partial charge in [0.1, 0.15) is 13.2 Å². The number of likely N-dealkylation sites (N-methyl/N-ethyl adjacent to an activating group) is 1. The third-order valence-electron chi connectivity index (χ3n) is 11.5. The van der Waals surface area contributed by atoms with Crippen molar-refractivity contribution in [1.29, 1.82) is 0 Å². The van der Waals surface area contributed by atoms with Crippen molar-refractivity contribution in [1.82, 2.24) is 5.32 Å². The average molecular weight is 844 g/mol. The summed E-state index contributed by atoms with van der Waals surface area (Å²) in [6.45, 7) is 4.84. The van der Waals surface area contributed by atoms with Gasteiger partial charge in [0.25, 0.3) is 0 Å². The van der Waals surface area contributed by atoms with Crippen LogP contribution in [0.3, 0.4) is 0 Å². The molecule has 0 aromatic heterocycles. The first-order valence-electron chi connectivity index (χ1n) is 25.1. The number of aliphatic hydroxyl groups is 1. The number of rotatable bonds is 46. The number of nitrogens with zero attached hydrogens (tertiary/aromatic N) is 1. The summed E-state index contributed by atoms with van der Waals surface area (Å²) in [5, 5.41) is 13.9. The van der Waals surface area contributed by atoms with Crippen LogP contribution in [0.1, 0.15) is 245 Å². The summed E-state index contributed by atoms with van der Waals surface area (Å²) >= 11 is 0. The third kappa shape index (κ3) is 43.3. The molecule has 0 radical (unpaired) electrons.